The van der Waals surface area contributed by atoms with Gasteiger partial charge in [-0.2, -0.15) is 0 Å². The van der Waals surface area contributed by atoms with Crippen molar-refractivity contribution in [3.05, 3.63) is 35.4 Å². The number of carbonyl (C=O) groups is 3. The fourth-order valence-corrected chi connectivity index (χ4v) is 2.10. The molecule has 0 radical (unpaired) electrons. The molecule has 0 heterocycles. The van der Waals surface area contributed by atoms with Gasteiger partial charge < -0.3 is 9.64 Å². The van der Waals surface area contributed by atoms with Crippen molar-refractivity contribution in [3.8, 4) is 0 Å². The summed E-state index contributed by atoms with van der Waals surface area (Å²) in [4.78, 5) is 40.2. The number of hydrogen-bond acceptors (Lipinski definition) is 4. The van der Waals surface area contributed by atoms with E-state index in [-0.39, 0.29) is 11.6 Å². The van der Waals surface area contributed by atoms with E-state index >= 15 is 0 Å². The van der Waals surface area contributed by atoms with Crippen molar-refractivity contribution in [2.24, 2.45) is 4.99 Å². The number of ether oxygens (including phenoxy) is 1. The highest BCUT2D eigenvalue weighted by molar-refractivity contribution is 6.37. The summed E-state index contributed by atoms with van der Waals surface area (Å²) in [5.41, 5.74) is 1.46. The Kier molecular flexibility index (Phi) is 7.82. The second-order valence-corrected chi connectivity index (χ2v) is 5.69. The molecule has 6 heteroatoms. The molecule has 0 fully saturated rings. The van der Waals surface area contributed by atoms with Crippen LogP contribution in [0.5, 0.6) is 0 Å². The second kappa shape index (κ2) is 9.60. The van der Waals surface area contributed by atoms with Crippen molar-refractivity contribution in [1.29, 1.82) is 0 Å². The highest BCUT2D eigenvalue weighted by Gasteiger charge is 2.10. The number of amides is 2. The van der Waals surface area contributed by atoms with Gasteiger partial charge >= 0.3 is 5.97 Å². The van der Waals surface area contributed by atoms with Crippen LogP contribution in [0.2, 0.25) is 0 Å². The summed E-state index contributed by atoms with van der Waals surface area (Å²) in [5, 5.41) is 0. The number of benzene rings is 1. The van der Waals surface area contributed by atoms with Gasteiger partial charge in [-0.05, 0) is 43.9 Å². The minimum Gasteiger partial charge on any atom is -0.465 e. The number of hydrogen-bond donors (Lipinski definition) is 0. The average Bonchev–Trinajstić information content (AvgIpc) is 2.57. The summed E-state index contributed by atoms with van der Waals surface area (Å²) in [7, 11) is 4.73. The van der Waals surface area contributed by atoms with Gasteiger partial charge in [0.1, 0.15) is 5.71 Å². The zero-order valence-corrected chi connectivity index (χ0v) is 14.7. The van der Waals surface area contributed by atoms with E-state index in [1.54, 1.807) is 37.2 Å². The molecule has 0 saturated heterocycles. The Morgan fingerprint density at radius 1 is 1.17 bits per heavy atom. The Hall–Kier alpha value is -2.50. The van der Waals surface area contributed by atoms with Crippen LogP contribution in [0, 0.1) is 0 Å². The van der Waals surface area contributed by atoms with Crippen molar-refractivity contribution in [2.45, 2.75) is 32.6 Å². The topological polar surface area (TPSA) is 76.0 Å². The van der Waals surface area contributed by atoms with Crippen molar-refractivity contribution < 1.29 is 19.1 Å². The van der Waals surface area contributed by atoms with Crippen LogP contribution < -0.4 is 0 Å². The molecule has 1 aromatic rings. The first-order chi connectivity index (χ1) is 11.3. The zero-order chi connectivity index (χ0) is 18.1. The molecule has 0 bridgehead atoms. The number of aryl methyl sites for hydroxylation is 1. The highest BCUT2D eigenvalue weighted by atomic mass is 16.5. The monoisotopic (exact) mass is 332 g/mol. The van der Waals surface area contributed by atoms with Gasteiger partial charge in [-0.15, -0.1) is 0 Å². The Morgan fingerprint density at radius 3 is 2.50 bits per heavy atom. The van der Waals surface area contributed by atoms with Gasteiger partial charge in [0, 0.05) is 26.1 Å². The van der Waals surface area contributed by atoms with Gasteiger partial charge in [-0.3, -0.25) is 9.59 Å². The molecule has 0 spiro atoms. The largest absolute Gasteiger partial charge is 0.465 e. The van der Waals surface area contributed by atoms with Crippen molar-refractivity contribution in [1.82, 2.24) is 4.90 Å². The van der Waals surface area contributed by atoms with E-state index in [1.165, 1.54) is 14.0 Å². The molecule has 0 N–H and O–H groups in total. The molecule has 2 amide bonds. The fourth-order valence-electron chi connectivity index (χ4n) is 2.10. The standard InChI is InChI=1S/C18H24N2O4/c1-13(18(23)24-4)19-17(22)15-10-7-9-14(12-15)8-5-6-11-16(21)20(2)3/h7,9-10,12H,5-6,8,11H2,1-4H3. The van der Waals surface area contributed by atoms with E-state index in [2.05, 4.69) is 9.73 Å². The molecule has 0 aliphatic heterocycles. The van der Waals surface area contributed by atoms with E-state index in [1.807, 2.05) is 6.07 Å². The number of esters is 1. The van der Waals surface area contributed by atoms with Crippen molar-refractivity contribution in [2.75, 3.05) is 21.2 Å². The van der Waals surface area contributed by atoms with Gasteiger partial charge in [0.15, 0.2) is 0 Å². The maximum atomic E-state index is 12.1. The smallest absolute Gasteiger partial charge is 0.352 e. The van der Waals surface area contributed by atoms with Gasteiger partial charge in [0.25, 0.3) is 5.91 Å². The van der Waals surface area contributed by atoms with Gasteiger partial charge in [0.2, 0.25) is 5.91 Å². The van der Waals surface area contributed by atoms with Gasteiger partial charge in [-0.1, -0.05) is 12.1 Å². The average molecular weight is 332 g/mol. The molecular formula is C18H24N2O4. The summed E-state index contributed by atoms with van der Waals surface area (Å²) in [6.07, 6.45) is 2.96. The lowest BCUT2D eigenvalue weighted by atomic mass is 10.0. The van der Waals surface area contributed by atoms with Crippen LogP contribution in [0.1, 0.15) is 42.1 Å². The third kappa shape index (κ3) is 6.32. The highest BCUT2D eigenvalue weighted by Crippen LogP contribution is 2.11. The predicted molar refractivity (Wildman–Crippen MR) is 92.1 cm³/mol. The molecule has 6 nitrogen and oxygen atoms in total. The minimum atomic E-state index is -0.620. The van der Waals surface area contributed by atoms with E-state index < -0.39 is 11.9 Å². The molecule has 0 aliphatic carbocycles. The molecule has 0 atom stereocenters. The van der Waals surface area contributed by atoms with Crippen molar-refractivity contribution in [3.63, 3.8) is 0 Å². The summed E-state index contributed by atoms with van der Waals surface area (Å²) in [6.45, 7) is 1.44. The lowest BCUT2D eigenvalue weighted by molar-refractivity contribution is -0.132. The fraction of sp³-hybridized carbons (Fsp3) is 0.444. The Labute approximate surface area is 142 Å². The summed E-state index contributed by atoms with van der Waals surface area (Å²) < 4.78 is 4.52. The summed E-state index contributed by atoms with van der Waals surface area (Å²) in [5.74, 6) is -0.973. The third-order valence-corrected chi connectivity index (χ3v) is 3.53. The first-order valence-electron chi connectivity index (χ1n) is 7.82. The normalized spacial score (nSPS) is 11.1. The van der Waals surface area contributed by atoms with Gasteiger partial charge in [-0.25, -0.2) is 9.79 Å². The zero-order valence-electron chi connectivity index (χ0n) is 14.7. The first kappa shape index (κ1) is 19.5. The number of aliphatic imine (C=N–C) groups is 1. The predicted octanol–water partition coefficient (Wildman–Crippen LogP) is 2.26. The SMILES string of the molecule is COC(=O)C(C)=NC(=O)c1cccc(CCCCC(=O)N(C)C)c1. The molecule has 0 aliphatic rings. The van der Waals surface area contributed by atoms with Crippen LogP contribution in [-0.4, -0.2) is 49.6 Å². The summed E-state index contributed by atoms with van der Waals surface area (Å²) >= 11 is 0. The Morgan fingerprint density at radius 2 is 1.88 bits per heavy atom. The van der Waals surface area contributed by atoms with Gasteiger partial charge in [0.05, 0.1) is 7.11 Å². The lowest BCUT2D eigenvalue weighted by Gasteiger charge is -2.09. The number of unbranched alkanes of at least 4 members (excludes halogenated alkanes) is 1. The number of rotatable bonds is 7. The minimum absolute atomic E-state index is 0.0232. The Balaban J connectivity index is 2.62. The third-order valence-electron chi connectivity index (χ3n) is 3.53. The van der Waals surface area contributed by atoms with Crippen LogP contribution >= 0.6 is 0 Å². The van der Waals surface area contributed by atoms with Crippen LogP contribution in [0.25, 0.3) is 0 Å². The number of methoxy groups -OCH3 is 1. The number of carbonyl (C=O) groups excluding carboxylic acids is 3. The molecule has 24 heavy (non-hydrogen) atoms. The number of nitrogens with zero attached hydrogens (tertiary/aromatic N) is 2. The lowest BCUT2D eigenvalue weighted by Crippen LogP contribution is -2.21. The van der Waals surface area contributed by atoms with Crippen molar-refractivity contribution >= 4 is 23.5 Å². The summed E-state index contributed by atoms with van der Waals surface area (Å²) in [6, 6.07) is 7.15. The molecular weight excluding hydrogens is 308 g/mol. The first-order valence-corrected chi connectivity index (χ1v) is 7.82. The second-order valence-electron chi connectivity index (χ2n) is 5.69. The van der Waals surface area contributed by atoms with E-state index in [0.717, 1.165) is 24.8 Å². The quantitative estimate of drug-likeness (QED) is 0.436. The van der Waals surface area contributed by atoms with E-state index in [9.17, 15) is 14.4 Å². The van der Waals surface area contributed by atoms with Crippen LogP contribution in [0.15, 0.2) is 29.3 Å². The molecule has 0 unspecified atom stereocenters. The molecule has 0 aromatic heterocycles. The Bertz CT molecular complexity index is 636. The molecule has 130 valence electrons. The maximum absolute atomic E-state index is 12.1. The van der Waals surface area contributed by atoms with E-state index in [0.29, 0.717) is 12.0 Å². The molecule has 0 saturated carbocycles. The van der Waals surface area contributed by atoms with Crippen LogP contribution in [-0.2, 0) is 20.7 Å². The van der Waals surface area contributed by atoms with Crippen LogP contribution in [0.4, 0.5) is 0 Å². The van der Waals surface area contributed by atoms with Crippen LogP contribution in [0.3, 0.4) is 0 Å². The van der Waals surface area contributed by atoms with E-state index in [4.69, 9.17) is 0 Å². The molecule has 1 rings (SSSR count). The maximum Gasteiger partial charge on any atom is 0.352 e. The molecule has 1 aromatic carbocycles.